The van der Waals surface area contributed by atoms with Gasteiger partial charge in [-0.3, -0.25) is 4.79 Å². The van der Waals surface area contributed by atoms with Gasteiger partial charge in [0.2, 0.25) is 0 Å². The molecule has 1 aromatic heterocycles. The molecule has 0 aliphatic heterocycles. The third-order valence-electron chi connectivity index (χ3n) is 2.84. The number of nitrogens with one attached hydrogen (secondary N) is 2. The Kier molecular flexibility index (Phi) is 3.47. The summed E-state index contributed by atoms with van der Waals surface area (Å²) in [5.41, 5.74) is 1.73. The molecule has 1 heterocycles. The molecule has 0 spiro atoms. The van der Waals surface area contributed by atoms with E-state index >= 15 is 0 Å². The molecule has 0 unspecified atom stereocenters. The fourth-order valence-electron chi connectivity index (χ4n) is 1.83. The molecule has 1 amide bonds. The molecule has 0 aliphatic carbocycles. The first-order valence-corrected chi connectivity index (χ1v) is 6.03. The highest BCUT2D eigenvalue weighted by molar-refractivity contribution is 6.06. The Bertz CT molecular complexity index is 514. The summed E-state index contributed by atoms with van der Waals surface area (Å²) >= 11 is 0. The lowest BCUT2D eigenvalue weighted by molar-refractivity contribution is 0.0953. The van der Waals surface area contributed by atoms with Crippen molar-refractivity contribution in [2.75, 3.05) is 6.54 Å². The molecular formula is C14H18N2O. The largest absolute Gasteiger partial charge is 0.360 e. The van der Waals surface area contributed by atoms with Crippen molar-refractivity contribution in [2.45, 2.75) is 20.3 Å². The molecule has 3 nitrogen and oxygen atoms in total. The van der Waals surface area contributed by atoms with Crippen LogP contribution in [0.5, 0.6) is 0 Å². The molecular weight excluding hydrogens is 212 g/mol. The van der Waals surface area contributed by atoms with Crippen LogP contribution in [0, 0.1) is 5.92 Å². The van der Waals surface area contributed by atoms with Gasteiger partial charge in [-0.15, -0.1) is 0 Å². The van der Waals surface area contributed by atoms with Crippen LogP contribution in [0.1, 0.15) is 30.6 Å². The number of rotatable bonds is 4. The molecule has 0 saturated carbocycles. The summed E-state index contributed by atoms with van der Waals surface area (Å²) < 4.78 is 0. The summed E-state index contributed by atoms with van der Waals surface area (Å²) in [6, 6.07) is 7.84. The zero-order chi connectivity index (χ0) is 12.3. The van der Waals surface area contributed by atoms with Crippen molar-refractivity contribution in [2.24, 2.45) is 5.92 Å². The third kappa shape index (κ3) is 2.67. The average molecular weight is 230 g/mol. The second-order valence-electron chi connectivity index (χ2n) is 4.69. The number of aromatic nitrogens is 1. The molecule has 0 saturated heterocycles. The number of hydrogen-bond donors (Lipinski definition) is 2. The van der Waals surface area contributed by atoms with Crippen LogP contribution in [-0.4, -0.2) is 17.4 Å². The molecule has 0 atom stereocenters. The number of benzene rings is 1. The Morgan fingerprint density at radius 1 is 1.35 bits per heavy atom. The maximum Gasteiger partial charge on any atom is 0.253 e. The normalized spacial score (nSPS) is 11.0. The van der Waals surface area contributed by atoms with Crippen molar-refractivity contribution in [3.8, 4) is 0 Å². The molecule has 90 valence electrons. The zero-order valence-electron chi connectivity index (χ0n) is 10.3. The number of aromatic amines is 1. The Balaban J connectivity index is 2.09. The first-order valence-electron chi connectivity index (χ1n) is 6.03. The molecule has 0 radical (unpaired) electrons. The smallest absolute Gasteiger partial charge is 0.253 e. The Morgan fingerprint density at radius 3 is 2.88 bits per heavy atom. The van der Waals surface area contributed by atoms with E-state index in [-0.39, 0.29) is 5.91 Å². The van der Waals surface area contributed by atoms with Crippen LogP contribution < -0.4 is 5.32 Å². The van der Waals surface area contributed by atoms with Gasteiger partial charge >= 0.3 is 0 Å². The molecule has 0 bridgehead atoms. The fourth-order valence-corrected chi connectivity index (χ4v) is 1.83. The van der Waals surface area contributed by atoms with E-state index < -0.39 is 0 Å². The number of hydrogen-bond acceptors (Lipinski definition) is 1. The molecule has 0 fully saturated rings. The van der Waals surface area contributed by atoms with Crippen LogP contribution in [0.25, 0.3) is 10.9 Å². The number of amides is 1. The first-order chi connectivity index (χ1) is 8.18. The van der Waals surface area contributed by atoms with Crippen LogP contribution in [-0.2, 0) is 0 Å². The minimum Gasteiger partial charge on any atom is -0.360 e. The van der Waals surface area contributed by atoms with Crippen LogP contribution >= 0.6 is 0 Å². The summed E-state index contributed by atoms with van der Waals surface area (Å²) in [6.45, 7) is 5.03. The standard InChI is InChI=1S/C14H18N2O/c1-10(2)7-8-15-14(17)12-9-16-13-6-4-3-5-11(12)13/h3-6,9-10,16H,7-8H2,1-2H3,(H,15,17). The number of H-pyrrole nitrogens is 1. The quantitative estimate of drug-likeness (QED) is 0.833. The average Bonchev–Trinajstić information content (AvgIpc) is 2.72. The highest BCUT2D eigenvalue weighted by atomic mass is 16.1. The van der Waals surface area contributed by atoms with Crippen molar-refractivity contribution in [3.05, 3.63) is 36.0 Å². The summed E-state index contributed by atoms with van der Waals surface area (Å²) in [4.78, 5) is 15.1. The van der Waals surface area contributed by atoms with E-state index in [4.69, 9.17) is 0 Å². The van der Waals surface area contributed by atoms with Gasteiger partial charge in [0, 0.05) is 23.6 Å². The Labute approximate surface area is 101 Å². The first kappa shape index (κ1) is 11.7. The van der Waals surface area contributed by atoms with E-state index in [9.17, 15) is 4.79 Å². The SMILES string of the molecule is CC(C)CCNC(=O)c1c[nH]c2ccccc12. The second-order valence-corrected chi connectivity index (χ2v) is 4.69. The molecule has 0 aliphatic rings. The lowest BCUT2D eigenvalue weighted by Gasteiger charge is -2.06. The third-order valence-corrected chi connectivity index (χ3v) is 2.84. The number of fused-ring (bicyclic) bond motifs is 1. The molecule has 3 heteroatoms. The monoisotopic (exact) mass is 230 g/mol. The van der Waals surface area contributed by atoms with Crippen LogP contribution in [0.3, 0.4) is 0 Å². The molecule has 2 N–H and O–H groups in total. The summed E-state index contributed by atoms with van der Waals surface area (Å²) in [5.74, 6) is 0.612. The van der Waals surface area contributed by atoms with E-state index in [0.717, 1.165) is 29.4 Å². The number of para-hydroxylation sites is 1. The highest BCUT2D eigenvalue weighted by Gasteiger charge is 2.10. The van der Waals surface area contributed by atoms with Crippen molar-refractivity contribution in [3.63, 3.8) is 0 Å². The number of carbonyl (C=O) groups excluding carboxylic acids is 1. The van der Waals surface area contributed by atoms with Crippen molar-refractivity contribution >= 4 is 16.8 Å². The Hall–Kier alpha value is -1.77. The van der Waals surface area contributed by atoms with Gasteiger partial charge in [0.25, 0.3) is 5.91 Å². The predicted octanol–water partition coefficient (Wildman–Crippen LogP) is 2.94. The fraction of sp³-hybridized carbons (Fsp3) is 0.357. The van der Waals surface area contributed by atoms with E-state index in [2.05, 4.69) is 24.1 Å². The van der Waals surface area contributed by atoms with Gasteiger partial charge in [-0.1, -0.05) is 32.0 Å². The van der Waals surface area contributed by atoms with Gasteiger partial charge in [0.1, 0.15) is 0 Å². The van der Waals surface area contributed by atoms with Crippen molar-refractivity contribution in [1.29, 1.82) is 0 Å². The summed E-state index contributed by atoms with van der Waals surface area (Å²) in [5, 5.41) is 3.93. The summed E-state index contributed by atoms with van der Waals surface area (Å²) in [7, 11) is 0. The van der Waals surface area contributed by atoms with Crippen LogP contribution in [0.15, 0.2) is 30.5 Å². The number of carbonyl (C=O) groups is 1. The Morgan fingerprint density at radius 2 is 2.12 bits per heavy atom. The van der Waals surface area contributed by atoms with Gasteiger partial charge in [-0.25, -0.2) is 0 Å². The van der Waals surface area contributed by atoms with Crippen LogP contribution in [0.2, 0.25) is 0 Å². The maximum absolute atomic E-state index is 12.0. The van der Waals surface area contributed by atoms with E-state index in [1.807, 2.05) is 24.3 Å². The topological polar surface area (TPSA) is 44.9 Å². The zero-order valence-corrected chi connectivity index (χ0v) is 10.3. The van der Waals surface area contributed by atoms with Gasteiger partial charge in [-0.2, -0.15) is 0 Å². The summed E-state index contributed by atoms with van der Waals surface area (Å²) in [6.07, 6.45) is 2.78. The van der Waals surface area contributed by atoms with E-state index in [1.165, 1.54) is 0 Å². The minimum atomic E-state index is 0.00287. The maximum atomic E-state index is 12.0. The van der Waals surface area contributed by atoms with Crippen molar-refractivity contribution in [1.82, 2.24) is 10.3 Å². The highest BCUT2D eigenvalue weighted by Crippen LogP contribution is 2.17. The minimum absolute atomic E-state index is 0.00287. The van der Waals surface area contributed by atoms with Gasteiger partial charge in [0.15, 0.2) is 0 Å². The second kappa shape index (κ2) is 5.04. The molecule has 1 aromatic carbocycles. The van der Waals surface area contributed by atoms with E-state index in [1.54, 1.807) is 6.20 Å². The predicted molar refractivity (Wildman–Crippen MR) is 70.1 cm³/mol. The lowest BCUT2D eigenvalue weighted by atomic mass is 10.1. The van der Waals surface area contributed by atoms with E-state index in [0.29, 0.717) is 5.92 Å². The van der Waals surface area contributed by atoms with Gasteiger partial charge in [-0.05, 0) is 18.4 Å². The van der Waals surface area contributed by atoms with Gasteiger partial charge < -0.3 is 10.3 Å². The van der Waals surface area contributed by atoms with Gasteiger partial charge in [0.05, 0.1) is 5.56 Å². The molecule has 2 rings (SSSR count). The van der Waals surface area contributed by atoms with Crippen LogP contribution in [0.4, 0.5) is 0 Å². The lowest BCUT2D eigenvalue weighted by Crippen LogP contribution is -2.25. The van der Waals surface area contributed by atoms with Crippen molar-refractivity contribution < 1.29 is 4.79 Å². The molecule has 2 aromatic rings. The molecule has 17 heavy (non-hydrogen) atoms.